The number of methoxy groups -OCH3 is 1. The van der Waals surface area contributed by atoms with Crippen LogP contribution in [0.1, 0.15) is 31.9 Å². The molecule has 0 amide bonds. The maximum Gasteiger partial charge on any atom is 0.119 e. The molecule has 3 heteroatoms. The number of ether oxygens (including phenoxy) is 1. The van der Waals surface area contributed by atoms with Crippen molar-refractivity contribution in [3.63, 3.8) is 0 Å². The fourth-order valence-corrected chi connectivity index (χ4v) is 2.28. The van der Waals surface area contributed by atoms with Crippen molar-refractivity contribution in [2.45, 2.75) is 31.8 Å². The molecular weight excluding hydrogens is 236 g/mol. The van der Waals surface area contributed by atoms with E-state index in [1.54, 1.807) is 7.11 Å². The summed E-state index contributed by atoms with van der Waals surface area (Å²) >= 11 is 0. The molecule has 0 spiro atoms. The van der Waals surface area contributed by atoms with Crippen LogP contribution >= 0.6 is 0 Å². The van der Waals surface area contributed by atoms with Gasteiger partial charge in [0.05, 0.1) is 7.11 Å². The zero-order chi connectivity index (χ0) is 14.0. The molecule has 0 aromatic heterocycles. The first-order valence-electron chi connectivity index (χ1n) is 6.51. The lowest BCUT2D eigenvalue weighted by molar-refractivity contribution is 0.415. The minimum absolute atomic E-state index is 0.0356. The minimum Gasteiger partial charge on any atom is -0.497 e. The van der Waals surface area contributed by atoms with Crippen molar-refractivity contribution in [1.29, 1.82) is 0 Å². The van der Waals surface area contributed by atoms with Gasteiger partial charge in [-0.15, -0.1) is 0 Å². The number of rotatable bonds is 4. The topological polar surface area (TPSA) is 61.3 Å². The smallest absolute Gasteiger partial charge is 0.119 e. The molecule has 0 aliphatic rings. The van der Waals surface area contributed by atoms with Gasteiger partial charge in [-0.1, -0.05) is 18.2 Å². The van der Waals surface area contributed by atoms with E-state index in [2.05, 4.69) is 24.3 Å². The van der Waals surface area contributed by atoms with E-state index in [-0.39, 0.29) is 11.6 Å². The van der Waals surface area contributed by atoms with E-state index < -0.39 is 0 Å². The summed E-state index contributed by atoms with van der Waals surface area (Å²) in [6.07, 6.45) is 0.759. The molecule has 2 aromatic carbocycles. The van der Waals surface area contributed by atoms with Crippen LogP contribution in [0.2, 0.25) is 0 Å². The fraction of sp³-hybridized carbons (Fsp3) is 0.375. The van der Waals surface area contributed by atoms with Crippen molar-refractivity contribution in [3.8, 4) is 5.75 Å². The van der Waals surface area contributed by atoms with Gasteiger partial charge in [-0.3, -0.25) is 0 Å². The van der Waals surface area contributed by atoms with E-state index in [1.807, 2.05) is 26.0 Å². The van der Waals surface area contributed by atoms with E-state index in [4.69, 9.17) is 16.2 Å². The lowest BCUT2D eigenvalue weighted by Crippen LogP contribution is -2.35. The first-order chi connectivity index (χ1) is 8.89. The van der Waals surface area contributed by atoms with Crippen LogP contribution in [-0.4, -0.2) is 12.6 Å². The Bertz CT molecular complexity index is 572. The van der Waals surface area contributed by atoms with Crippen LogP contribution in [0.15, 0.2) is 36.4 Å². The van der Waals surface area contributed by atoms with E-state index in [0.717, 1.165) is 23.1 Å². The maximum atomic E-state index is 6.22. The van der Waals surface area contributed by atoms with Gasteiger partial charge in [0, 0.05) is 11.6 Å². The van der Waals surface area contributed by atoms with Crippen LogP contribution < -0.4 is 16.2 Å². The molecule has 0 radical (unpaired) electrons. The second-order valence-electron chi connectivity index (χ2n) is 5.77. The summed E-state index contributed by atoms with van der Waals surface area (Å²) in [5, 5.41) is 2.32. The zero-order valence-corrected chi connectivity index (χ0v) is 11.8. The number of hydrogen-bond donors (Lipinski definition) is 2. The van der Waals surface area contributed by atoms with Gasteiger partial charge < -0.3 is 16.2 Å². The van der Waals surface area contributed by atoms with Crippen LogP contribution in [0.3, 0.4) is 0 Å². The predicted octanol–water partition coefficient (Wildman–Crippen LogP) is 2.98. The standard InChI is InChI=1S/C16H22N2O/c1-16(2,18)10-15(17)13-5-4-12-9-14(19-3)7-6-11(12)8-13/h4-9,15H,10,17-18H2,1-3H3. The summed E-state index contributed by atoms with van der Waals surface area (Å²) in [6.45, 7) is 4.00. The fourth-order valence-electron chi connectivity index (χ4n) is 2.28. The van der Waals surface area contributed by atoms with E-state index in [9.17, 15) is 0 Å². The van der Waals surface area contributed by atoms with Crippen LogP contribution in [0, 0.1) is 0 Å². The highest BCUT2D eigenvalue weighted by Crippen LogP contribution is 2.26. The van der Waals surface area contributed by atoms with Crippen molar-refractivity contribution in [3.05, 3.63) is 42.0 Å². The SMILES string of the molecule is COc1ccc2cc(C(N)CC(C)(C)N)ccc2c1. The second-order valence-corrected chi connectivity index (χ2v) is 5.77. The van der Waals surface area contributed by atoms with Gasteiger partial charge in [0.15, 0.2) is 0 Å². The molecule has 2 rings (SSSR count). The molecule has 4 N–H and O–H groups in total. The third-order valence-electron chi connectivity index (χ3n) is 3.25. The average molecular weight is 258 g/mol. The van der Waals surface area contributed by atoms with E-state index >= 15 is 0 Å². The second kappa shape index (κ2) is 5.19. The molecule has 0 saturated heterocycles. The Labute approximate surface area is 114 Å². The average Bonchev–Trinajstić information content (AvgIpc) is 2.35. The Hall–Kier alpha value is -1.58. The molecule has 1 atom stereocenters. The van der Waals surface area contributed by atoms with Gasteiger partial charge in [-0.05, 0) is 54.8 Å². The first-order valence-corrected chi connectivity index (χ1v) is 6.51. The van der Waals surface area contributed by atoms with Gasteiger partial charge in [0.2, 0.25) is 0 Å². The Kier molecular flexibility index (Phi) is 3.78. The monoisotopic (exact) mass is 258 g/mol. The molecule has 0 aliphatic carbocycles. The Balaban J connectivity index is 2.31. The zero-order valence-electron chi connectivity index (χ0n) is 11.8. The van der Waals surface area contributed by atoms with Gasteiger partial charge in [0.1, 0.15) is 5.75 Å². The van der Waals surface area contributed by atoms with Crippen molar-refractivity contribution < 1.29 is 4.74 Å². The molecule has 102 valence electrons. The normalized spacial score (nSPS) is 13.5. The maximum absolute atomic E-state index is 6.22. The Morgan fingerprint density at radius 1 is 1.11 bits per heavy atom. The molecular formula is C16H22N2O. The summed E-state index contributed by atoms with van der Waals surface area (Å²) < 4.78 is 5.22. The summed E-state index contributed by atoms with van der Waals surface area (Å²) in [6, 6.07) is 12.3. The molecule has 19 heavy (non-hydrogen) atoms. The first kappa shape index (κ1) is 13.8. The molecule has 0 fully saturated rings. The van der Waals surface area contributed by atoms with E-state index in [1.165, 1.54) is 5.39 Å². The minimum atomic E-state index is -0.256. The lowest BCUT2D eigenvalue weighted by Gasteiger charge is -2.23. The highest BCUT2D eigenvalue weighted by molar-refractivity contribution is 5.84. The number of fused-ring (bicyclic) bond motifs is 1. The summed E-state index contributed by atoms with van der Waals surface area (Å²) in [5.41, 5.74) is 13.1. The van der Waals surface area contributed by atoms with Crippen molar-refractivity contribution in [2.75, 3.05) is 7.11 Å². The van der Waals surface area contributed by atoms with Crippen molar-refractivity contribution >= 4 is 10.8 Å². The molecule has 3 nitrogen and oxygen atoms in total. The third kappa shape index (κ3) is 3.46. The summed E-state index contributed by atoms with van der Waals surface area (Å²) in [4.78, 5) is 0. The number of hydrogen-bond acceptors (Lipinski definition) is 3. The van der Waals surface area contributed by atoms with Crippen LogP contribution in [-0.2, 0) is 0 Å². The van der Waals surface area contributed by atoms with Crippen molar-refractivity contribution in [2.24, 2.45) is 11.5 Å². The van der Waals surface area contributed by atoms with Gasteiger partial charge in [-0.25, -0.2) is 0 Å². The Morgan fingerprint density at radius 3 is 2.37 bits per heavy atom. The van der Waals surface area contributed by atoms with Crippen molar-refractivity contribution in [1.82, 2.24) is 0 Å². The summed E-state index contributed by atoms with van der Waals surface area (Å²) in [5.74, 6) is 0.868. The quantitative estimate of drug-likeness (QED) is 0.886. The lowest BCUT2D eigenvalue weighted by atomic mass is 9.91. The third-order valence-corrected chi connectivity index (χ3v) is 3.25. The predicted molar refractivity (Wildman–Crippen MR) is 80.3 cm³/mol. The molecule has 2 aromatic rings. The van der Waals surface area contributed by atoms with Gasteiger partial charge >= 0.3 is 0 Å². The van der Waals surface area contributed by atoms with Crippen LogP contribution in [0.4, 0.5) is 0 Å². The molecule has 0 bridgehead atoms. The van der Waals surface area contributed by atoms with E-state index in [0.29, 0.717) is 0 Å². The van der Waals surface area contributed by atoms with Crippen LogP contribution in [0.5, 0.6) is 5.75 Å². The molecule has 0 heterocycles. The Morgan fingerprint density at radius 2 is 1.74 bits per heavy atom. The van der Waals surface area contributed by atoms with Crippen LogP contribution in [0.25, 0.3) is 10.8 Å². The van der Waals surface area contributed by atoms with Gasteiger partial charge in [-0.2, -0.15) is 0 Å². The molecule has 0 aliphatic heterocycles. The highest BCUT2D eigenvalue weighted by Gasteiger charge is 2.17. The highest BCUT2D eigenvalue weighted by atomic mass is 16.5. The van der Waals surface area contributed by atoms with Gasteiger partial charge in [0.25, 0.3) is 0 Å². The molecule has 0 saturated carbocycles. The molecule has 1 unspecified atom stereocenters. The largest absolute Gasteiger partial charge is 0.497 e. The number of benzene rings is 2. The number of nitrogens with two attached hydrogens (primary N) is 2. The summed E-state index contributed by atoms with van der Waals surface area (Å²) in [7, 11) is 1.68.